The molecule has 0 spiro atoms. The van der Waals surface area contributed by atoms with Crippen LogP contribution in [-0.4, -0.2) is 63.8 Å². The Morgan fingerprint density at radius 1 is 1.39 bits per heavy atom. The molecule has 6 heteroatoms. The molecule has 0 aromatic carbocycles. The number of carbonyl (C=O) groups is 2. The summed E-state index contributed by atoms with van der Waals surface area (Å²) < 4.78 is 0. The lowest BCUT2D eigenvalue weighted by Gasteiger charge is -2.32. The van der Waals surface area contributed by atoms with Gasteiger partial charge in [-0.25, -0.2) is 9.59 Å². The highest BCUT2D eigenvalue weighted by Crippen LogP contribution is 2.21. The molecule has 0 bridgehead atoms. The maximum atomic E-state index is 12.2. The molecule has 1 fully saturated rings. The van der Waals surface area contributed by atoms with E-state index in [0.717, 1.165) is 12.8 Å². The van der Waals surface area contributed by atoms with Crippen LogP contribution in [0, 0.1) is 0 Å². The fourth-order valence-corrected chi connectivity index (χ4v) is 2.45. The molecule has 104 valence electrons. The van der Waals surface area contributed by atoms with Crippen LogP contribution >= 0.6 is 0 Å². The van der Waals surface area contributed by atoms with Gasteiger partial charge in [-0.15, -0.1) is 0 Å². The first-order valence-electron chi connectivity index (χ1n) is 6.36. The van der Waals surface area contributed by atoms with Crippen LogP contribution in [0.25, 0.3) is 0 Å². The third-order valence-corrected chi connectivity index (χ3v) is 3.60. The number of nitrogens with zero attached hydrogens (tertiary/aromatic N) is 2. The molecule has 0 saturated carbocycles. The largest absolute Gasteiger partial charge is 0.480 e. The second-order valence-corrected chi connectivity index (χ2v) is 4.76. The Hall–Kier alpha value is -1.30. The first-order chi connectivity index (χ1) is 8.42. The number of carboxylic acids is 1. The Morgan fingerprint density at radius 2 is 1.94 bits per heavy atom. The summed E-state index contributed by atoms with van der Waals surface area (Å²) in [5, 5.41) is 18.6. The van der Waals surface area contributed by atoms with Crippen molar-refractivity contribution >= 4 is 12.0 Å². The van der Waals surface area contributed by atoms with Crippen molar-refractivity contribution in [3.63, 3.8) is 0 Å². The zero-order valence-electron chi connectivity index (χ0n) is 11.2. The molecule has 0 unspecified atom stereocenters. The van der Waals surface area contributed by atoms with Gasteiger partial charge in [0.1, 0.15) is 6.04 Å². The number of β-amino-alcohol motifs (C(OH)–C–C–N with tert-alkyl or cyclic N) is 1. The predicted molar refractivity (Wildman–Crippen MR) is 66.3 cm³/mol. The number of likely N-dealkylation sites (tertiary alicyclic amines) is 1. The van der Waals surface area contributed by atoms with Crippen LogP contribution in [0.1, 0.15) is 33.1 Å². The van der Waals surface area contributed by atoms with E-state index in [9.17, 15) is 14.7 Å². The van der Waals surface area contributed by atoms with Gasteiger partial charge < -0.3 is 20.0 Å². The van der Waals surface area contributed by atoms with Gasteiger partial charge >= 0.3 is 12.0 Å². The highest BCUT2D eigenvalue weighted by Gasteiger charge is 2.40. The molecule has 1 heterocycles. The van der Waals surface area contributed by atoms with Crippen LogP contribution in [-0.2, 0) is 4.79 Å². The average molecular weight is 258 g/mol. The molecule has 2 N–H and O–H groups in total. The number of amides is 2. The third-order valence-electron chi connectivity index (χ3n) is 3.60. The molecule has 0 aromatic heterocycles. The number of aliphatic carboxylic acids is 1. The number of hydrogen-bond acceptors (Lipinski definition) is 3. The Bertz CT molecular complexity index is 317. The molecule has 6 nitrogen and oxygen atoms in total. The molecule has 18 heavy (non-hydrogen) atoms. The van der Waals surface area contributed by atoms with Gasteiger partial charge in [0, 0.05) is 26.1 Å². The lowest BCUT2D eigenvalue weighted by Crippen LogP contribution is -2.49. The van der Waals surface area contributed by atoms with Crippen LogP contribution in [0.5, 0.6) is 0 Å². The second kappa shape index (κ2) is 6.04. The van der Waals surface area contributed by atoms with Crippen molar-refractivity contribution in [2.45, 2.75) is 51.3 Å². The quantitative estimate of drug-likeness (QED) is 0.779. The van der Waals surface area contributed by atoms with E-state index in [1.165, 1.54) is 4.90 Å². The van der Waals surface area contributed by atoms with E-state index in [1.807, 2.05) is 13.8 Å². The minimum Gasteiger partial charge on any atom is -0.480 e. The Morgan fingerprint density at radius 3 is 2.39 bits per heavy atom. The zero-order valence-corrected chi connectivity index (χ0v) is 11.2. The lowest BCUT2D eigenvalue weighted by molar-refractivity contribution is -0.141. The summed E-state index contributed by atoms with van der Waals surface area (Å²) in [5.74, 6) is -1.06. The van der Waals surface area contributed by atoms with E-state index < -0.39 is 18.1 Å². The maximum Gasteiger partial charge on any atom is 0.326 e. The highest BCUT2D eigenvalue weighted by atomic mass is 16.4. The van der Waals surface area contributed by atoms with E-state index in [2.05, 4.69) is 0 Å². The summed E-state index contributed by atoms with van der Waals surface area (Å²) >= 11 is 0. The second-order valence-electron chi connectivity index (χ2n) is 4.76. The third kappa shape index (κ3) is 2.93. The average Bonchev–Trinajstić information content (AvgIpc) is 2.72. The number of aliphatic hydroxyl groups excluding tert-OH is 1. The number of carboxylic acid groups (broad SMARTS) is 1. The number of aliphatic hydroxyl groups is 1. The Labute approximate surface area is 107 Å². The number of urea groups is 1. The standard InChI is InChI=1S/C12H22N2O4/c1-4-8(5-2)13(3)12(18)14-7-9(15)6-10(14)11(16)17/h8-10,15H,4-7H2,1-3H3,(H,16,17)/t9-,10-/m0/s1. The van der Waals surface area contributed by atoms with Gasteiger partial charge in [-0.2, -0.15) is 0 Å². The number of hydrogen-bond donors (Lipinski definition) is 2. The van der Waals surface area contributed by atoms with Gasteiger partial charge in [0.05, 0.1) is 6.10 Å². The molecule has 1 rings (SSSR count). The SMILES string of the molecule is CCC(CC)N(C)C(=O)N1C[C@@H](O)C[C@H]1C(=O)O. The van der Waals surface area contributed by atoms with Crippen molar-refractivity contribution in [1.29, 1.82) is 0 Å². The first kappa shape index (κ1) is 14.8. The summed E-state index contributed by atoms with van der Waals surface area (Å²) in [6.07, 6.45) is 1.02. The van der Waals surface area contributed by atoms with Crippen molar-refractivity contribution in [1.82, 2.24) is 9.80 Å². The summed E-state index contributed by atoms with van der Waals surface area (Å²) in [5.41, 5.74) is 0. The van der Waals surface area contributed by atoms with Gasteiger partial charge in [0.15, 0.2) is 0 Å². The van der Waals surface area contributed by atoms with Crippen LogP contribution in [0.4, 0.5) is 4.79 Å². The van der Waals surface area contributed by atoms with Gasteiger partial charge in [-0.1, -0.05) is 13.8 Å². The lowest BCUT2D eigenvalue weighted by atomic mass is 10.1. The number of carbonyl (C=O) groups excluding carboxylic acids is 1. The molecule has 2 amide bonds. The maximum absolute atomic E-state index is 12.2. The number of rotatable bonds is 4. The van der Waals surface area contributed by atoms with E-state index in [0.29, 0.717) is 0 Å². The van der Waals surface area contributed by atoms with E-state index in [-0.39, 0.29) is 25.0 Å². The molecule has 1 aliphatic heterocycles. The molecule has 0 aliphatic carbocycles. The molecule has 0 aromatic rings. The van der Waals surface area contributed by atoms with Crippen molar-refractivity contribution in [3.8, 4) is 0 Å². The fourth-order valence-electron chi connectivity index (χ4n) is 2.45. The van der Waals surface area contributed by atoms with E-state index in [1.54, 1.807) is 11.9 Å². The van der Waals surface area contributed by atoms with Crippen molar-refractivity contribution in [3.05, 3.63) is 0 Å². The monoisotopic (exact) mass is 258 g/mol. The Balaban J connectivity index is 2.78. The molecular formula is C12H22N2O4. The Kier molecular flexibility index (Phi) is 4.95. The summed E-state index contributed by atoms with van der Waals surface area (Å²) in [6, 6.07) is -1.12. The first-order valence-corrected chi connectivity index (χ1v) is 6.36. The zero-order chi connectivity index (χ0) is 13.9. The normalized spacial score (nSPS) is 23.5. The van der Waals surface area contributed by atoms with Crippen molar-refractivity contribution in [2.24, 2.45) is 0 Å². The van der Waals surface area contributed by atoms with Crippen LogP contribution in [0.2, 0.25) is 0 Å². The predicted octanol–water partition coefficient (Wildman–Crippen LogP) is 0.747. The van der Waals surface area contributed by atoms with Gasteiger partial charge in [0.25, 0.3) is 0 Å². The smallest absolute Gasteiger partial charge is 0.326 e. The van der Waals surface area contributed by atoms with Gasteiger partial charge in [0.2, 0.25) is 0 Å². The summed E-state index contributed by atoms with van der Waals surface area (Å²) in [7, 11) is 1.68. The van der Waals surface area contributed by atoms with E-state index >= 15 is 0 Å². The molecule has 2 atom stereocenters. The van der Waals surface area contributed by atoms with Gasteiger partial charge in [-0.3, -0.25) is 0 Å². The molecule has 1 saturated heterocycles. The fraction of sp³-hybridized carbons (Fsp3) is 0.833. The van der Waals surface area contributed by atoms with Crippen molar-refractivity contribution < 1.29 is 19.8 Å². The van der Waals surface area contributed by atoms with Gasteiger partial charge in [-0.05, 0) is 12.8 Å². The van der Waals surface area contributed by atoms with E-state index in [4.69, 9.17) is 5.11 Å². The van der Waals surface area contributed by atoms with Crippen LogP contribution in [0.3, 0.4) is 0 Å². The van der Waals surface area contributed by atoms with Crippen LogP contribution in [0.15, 0.2) is 0 Å². The highest BCUT2D eigenvalue weighted by molar-refractivity contribution is 5.83. The minimum atomic E-state index is -1.06. The van der Waals surface area contributed by atoms with Crippen molar-refractivity contribution in [2.75, 3.05) is 13.6 Å². The topological polar surface area (TPSA) is 81.1 Å². The summed E-state index contributed by atoms with van der Waals surface area (Å²) in [4.78, 5) is 26.1. The minimum absolute atomic E-state index is 0.0975. The summed E-state index contributed by atoms with van der Waals surface area (Å²) in [6.45, 7) is 4.08. The van der Waals surface area contributed by atoms with Crippen LogP contribution < -0.4 is 0 Å². The molecular weight excluding hydrogens is 236 g/mol. The molecule has 0 radical (unpaired) electrons. The molecule has 1 aliphatic rings.